The number of rotatable bonds is 5. The van der Waals surface area contributed by atoms with E-state index in [0.29, 0.717) is 5.25 Å². The van der Waals surface area contributed by atoms with Crippen molar-refractivity contribution in [3.63, 3.8) is 0 Å². The Kier molecular flexibility index (Phi) is 5.60. The molecule has 3 heteroatoms. The van der Waals surface area contributed by atoms with Gasteiger partial charge in [-0.15, -0.1) is 11.8 Å². The number of hydrogen-bond acceptors (Lipinski definition) is 2. The van der Waals surface area contributed by atoms with Crippen molar-refractivity contribution >= 4 is 27.7 Å². The van der Waals surface area contributed by atoms with Crippen LogP contribution in [-0.4, -0.2) is 10.7 Å². The van der Waals surface area contributed by atoms with Gasteiger partial charge in [0.25, 0.3) is 0 Å². The molecule has 0 radical (unpaired) electrons. The Morgan fingerprint density at radius 3 is 2.43 bits per heavy atom. The summed E-state index contributed by atoms with van der Waals surface area (Å²) in [5.74, 6) is 0. The van der Waals surface area contributed by atoms with Crippen molar-refractivity contribution in [2.75, 3.05) is 5.45 Å². The largest absolute Gasteiger partial charge is 0.303 e. The van der Waals surface area contributed by atoms with Crippen molar-refractivity contribution in [1.82, 2.24) is 5.32 Å². The Morgan fingerprint density at radius 1 is 1.29 bits per heavy atom. The summed E-state index contributed by atoms with van der Waals surface area (Å²) in [7, 11) is 0. The molecule has 0 saturated heterocycles. The maximum absolute atomic E-state index is 3.34. The molecule has 14 heavy (non-hydrogen) atoms. The van der Waals surface area contributed by atoms with Gasteiger partial charge in [-0.25, -0.2) is 0 Å². The first kappa shape index (κ1) is 12.1. The number of halogens is 1. The highest BCUT2D eigenvalue weighted by Crippen LogP contribution is 2.22. The van der Waals surface area contributed by atoms with E-state index in [9.17, 15) is 0 Å². The molecule has 0 bridgehead atoms. The van der Waals surface area contributed by atoms with E-state index in [2.05, 4.69) is 59.4 Å². The van der Waals surface area contributed by atoms with Crippen LogP contribution in [0.5, 0.6) is 0 Å². The van der Waals surface area contributed by atoms with Crippen molar-refractivity contribution in [2.24, 2.45) is 0 Å². The molecule has 0 unspecified atom stereocenters. The Hall–Kier alpha value is 0.01000. The van der Waals surface area contributed by atoms with E-state index in [1.54, 1.807) is 0 Å². The molecule has 1 aromatic carbocycles. The zero-order valence-corrected chi connectivity index (χ0v) is 11.0. The minimum Gasteiger partial charge on any atom is -0.303 e. The first-order valence-electron chi connectivity index (χ1n) is 4.74. The van der Waals surface area contributed by atoms with Gasteiger partial charge in [0.2, 0.25) is 0 Å². The fourth-order valence-corrected chi connectivity index (χ4v) is 2.19. The second kappa shape index (κ2) is 6.49. The fourth-order valence-electron chi connectivity index (χ4n) is 1.15. The highest BCUT2D eigenvalue weighted by atomic mass is 79.9. The van der Waals surface area contributed by atoms with Crippen LogP contribution in [0.25, 0.3) is 0 Å². The third kappa shape index (κ3) is 4.49. The average Bonchev–Trinajstić information content (AvgIpc) is 2.16. The van der Waals surface area contributed by atoms with E-state index in [1.807, 2.05) is 11.8 Å². The molecule has 0 aliphatic carbocycles. The van der Waals surface area contributed by atoms with Crippen LogP contribution in [-0.2, 0) is 6.54 Å². The second-order valence-electron chi connectivity index (χ2n) is 3.37. The van der Waals surface area contributed by atoms with Gasteiger partial charge in [-0.3, -0.25) is 0 Å². The van der Waals surface area contributed by atoms with Crippen molar-refractivity contribution in [3.05, 3.63) is 29.8 Å². The standard InChI is InChI=1S/C11H16BrNS/c1-9(2)14-11-5-3-10(4-6-11)7-13-8-12/h3-6,9,13H,7-8H2,1-2H3. The van der Waals surface area contributed by atoms with E-state index in [4.69, 9.17) is 0 Å². The van der Waals surface area contributed by atoms with Gasteiger partial charge in [0, 0.05) is 16.7 Å². The van der Waals surface area contributed by atoms with Gasteiger partial charge in [-0.2, -0.15) is 0 Å². The molecule has 0 aliphatic heterocycles. The molecular weight excluding hydrogens is 258 g/mol. The Labute approximate surface area is 98.8 Å². The van der Waals surface area contributed by atoms with E-state index in [0.717, 1.165) is 12.0 Å². The zero-order chi connectivity index (χ0) is 10.4. The summed E-state index contributed by atoms with van der Waals surface area (Å²) < 4.78 is 0. The summed E-state index contributed by atoms with van der Waals surface area (Å²) in [5, 5.41) is 3.89. The molecule has 78 valence electrons. The maximum atomic E-state index is 3.34. The third-order valence-corrected chi connectivity index (χ3v) is 3.13. The molecular formula is C11H16BrNS. The molecule has 0 spiro atoms. The summed E-state index contributed by atoms with van der Waals surface area (Å²) in [5.41, 5.74) is 2.17. The first-order chi connectivity index (χ1) is 6.72. The van der Waals surface area contributed by atoms with Gasteiger partial charge in [-0.1, -0.05) is 41.9 Å². The van der Waals surface area contributed by atoms with E-state index < -0.39 is 0 Å². The minimum absolute atomic E-state index is 0.654. The van der Waals surface area contributed by atoms with Crippen molar-refractivity contribution < 1.29 is 0 Å². The minimum atomic E-state index is 0.654. The predicted molar refractivity (Wildman–Crippen MR) is 68.1 cm³/mol. The van der Waals surface area contributed by atoms with Crippen LogP contribution in [0.4, 0.5) is 0 Å². The summed E-state index contributed by atoms with van der Waals surface area (Å²) in [6, 6.07) is 8.74. The molecule has 0 aliphatic rings. The van der Waals surface area contributed by atoms with Gasteiger partial charge in [0.15, 0.2) is 0 Å². The number of alkyl halides is 1. The fraction of sp³-hybridized carbons (Fsp3) is 0.455. The Morgan fingerprint density at radius 2 is 1.93 bits per heavy atom. The number of benzene rings is 1. The van der Waals surface area contributed by atoms with Gasteiger partial charge >= 0.3 is 0 Å². The molecule has 1 rings (SSSR count). The molecule has 1 nitrogen and oxygen atoms in total. The third-order valence-electron chi connectivity index (χ3n) is 1.72. The van der Waals surface area contributed by atoms with E-state index >= 15 is 0 Å². The Balaban J connectivity index is 2.50. The van der Waals surface area contributed by atoms with Gasteiger partial charge in [0.1, 0.15) is 0 Å². The molecule has 0 saturated carbocycles. The molecule has 0 amide bonds. The van der Waals surface area contributed by atoms with Crippen LogP contribution in [0.1, 0.15) is 19.4 Å². The molecule has 0 fully saturated rings. The van der Waals surface area contributed by atoms with Crippen molar-refractivity contribution in [1.29, 1.82) is 0 Å². The quantitative estimate of drug-likeness (QED) is 0.500. The lowest BCUT2D eigenvalue weighted by molar-refractivity contribution is 0.801. The second-order valence-corrected chi connectivity index (χ2v) is 5.58. The normalized spacial score (nSPS) is 10.9. The van der Waals surface area contributed by atoms with Gasteiger partial charge < -0.3 is 5.32 Å². The summed E-state index contributed by atoms with van der Waals surface area (Å²) in [4.78, 5) is 1.35. The van der Waals surface area contributed by atoms with Gasteiger partial charge in [-0.05, 0) is 17.7 Å². The maximum Gasteiger partial charge on any atom is 0.0519 e. The summed E-state index contributed by atoms with van der Waals surface area (Å²) in [6.45, 7) is 5.35. The van der Waals surface area contributed by atoms with Crippen LogP contribution >= 0.6 is 27.7 Å². The van der Waals surface area contributed by atoms with Crippen molar-refractivity contribution in [2.45, 2.75) is 30.5 Å². The molecule has 0 atom stereocenters. The lowest BCUT2D eigenvalue weighted by Crippen LogP contribution is -2.09. The highest BCUT2D eigenvalue weighted by molar-refractivity contribution is 9.09. The summed E-state index contributed by atoms with van der Waals surface area (Å²) >= 11 is 5.24. The molecule has 1 aromatic rings. The highest BCUT2D eigenvalue weighted by Gasteiger charge is 1.98. The van der Waals surface area contributed by atoms with Crippen LogP contribution in [0.2, 0.25) is 0 Å². The Bertz CT molecular complexity index is 258. The lowest BCUT2D eigenvalue weighted by Gasteiger charge is -2.06. The molecule has 1 N–H and O–H groups in total. The zero-order valence-electron chi connectivity index (χ0n) is 8.59. The molecule has 0 heterocycles. The number of hydrogen-bond donors (Lipinski definition) is 1. The number of thioether (sulfide) groups is 1. The first-order valence-corrected chi connectivity index (χ1v) is 6.74. The summed E-state index contributed by atoms with van der Waals surface area (Å²) in [6.07, 6.45) is 0. The van der Waals surface area contributed by atoms with Crippen LogP contribution in [0.15, 0.2) is 29.2 Å². The van der Waals surface area contributed by atoms with E-state index in [-0.39, 0.29) is 0 Å². The van der Waals surface area contributed by atoms with E-state index in [1.165, 1.54) is 10.5 Å². The molecule has 0 aromatic heterocycles. The van der Waals surface area contributed by atoms with Crippen LogP contribution in [0, 0.1) is 0 Å². The topological polar surface area (TPSA) is 12.0 Å². The van der Waals surface area contributed by atoms with Crippen LogP contribution in [0.3, 0.4) is 0 Å². The number of nitrogens with one attached hydrogen (secondary N) is 1. The lowest BCUT2D eigenvalue weighted by atomic mass is 10.2. The monoisotopic (exact) mass is 273 g/mol. The van der Waals surface area contributed by atoms with Crippen molar-refractivity contribution in [3.8, 4) is 0 Å². The SMILES string of the molecule is CC(C)Sc1ccc(CNCBr)cc1. The predicted octanol–water partition coefficient (Wildman–Crippen LogP) is 3.63. The van der Waals surface area contributed by atoms with Crippen LogP contribution < -0.4 is 5.32 Å². The smallest absolute Gasteiger partial charge is 0.0519 e. The average molecular weight is 274 g/mol. The van der Waals surface area contributed by atoms with Gasteiger partial charge in [0.05, 0.1) is 5.45 Å².